The Morgan fingerprint density at radius 2 is 1.46 bits per heavy atom. The third kappa shape index (κ3) is 11.2. The SMILES string of the molecule is Nc1ccccc1NC(=O)CCCCCCC(=O)NCc1ccccc1-c1ccc([C@@H]2O[C@H](CSc3ncccn3)C[C@H](c3ccc(CO)cc3)O2)cc1. The van der Waals surface area contributed by atoms with Gasteiger partial charge in [0, 0.05) is 49.5 Å². The van der Waals surface area contributed by atoms with E-state index in [1.165, 1.54) is 0 Å². The zero-order valence-corrected chi connectivity index (χ0v) is 31.0. The Balaban J connectivity index is 1.00. The topological polar surface area (TPSA) is 149 Å². The fourth-order valence-corrected chi connectivity index (χ4v) is 7.18. The van der Waals surface area contributed by atoms with Gasteiger partial charge in [-0.1, -0.05) is 110 Å². The number of carbonyl (C=O) groups excluding carboxylic acids is 2. The van der Waals surface area contributed by atoms with Gasteiger partial charge in [-0.3, -0.25) is 9.59 Å². The number of nitrogens with zero attached hydrogens (tertiary/aromatic N) is 2. The second-order valence-electron chi connectivity index (χ2n) is 13.3. The number of benzene rings is 4. The maximum absolute atomic E-state index is 12.7. The fourth-order valence-electron chi connectivity index (χ4n) is 6.36. The molecule has 10 nitrogen and oxygen atoms in total. The number of nitrogens with one attached hydrogen (secondary N) is 2. The first-order chi connectivity index (χ1) is 26.4. The predicted molar refractivity (Wildman–Crippen MR) is 212 cm³/mol. The van der Waals surface area contributed by atoms with Crippen LogP contribution in [0.25, 0.3) is 11.1 Å². The molecule has 5 aromatic rings. The van der Waals surface area contributed by atoms with Crippen molar-refractivity contribution in [3.8, 4) is 11.1 Å². The van der Waals surface area contributed by atoms with Crippen molar-refractivity contribution in [3.05, 3.63) is 138 Å². The molecular weight excluding hydrogens is 699 g/mol. The number of anilines is 2. The molecule has 11 heteroatoms. The summed E-state index contributed by atoms with van der Waals surface area (Å²) in [5.41, 5.74) is 13.0. The summed E-state index contributed by atoms with van der Waals surface area (Å²) in [6, 6.07) is 33.2. The van der Waals surface area contributed by atoms with Crippen molar-refractivity contribution in [1.82, 2.24) is 15.3 Å². The predicted octanol–water partition coefficient (Wildman–Crippen LogP) is 8.15. The van der Waals surface area contributed by atoms with Crippen molar-refractivity contribution in [2.24, 2.45) is 0 Å². The van der Waals surface area contributed by atoms with Crippen LogP contribution in [-0.2, 0) is 32.2 Å². The van der Waals surface area contributed by atoms with Crippen LogP contribution in [0.3, 0.4) is 0 Å². The van der Waals surface area contributed by atoms with E-state index in [0.29, 0.717) is 48.1 Å². The van der Waals surface area contributed by atoms with Gasteiger partial charge in [0.1, 0.15) is 0 Å². The van der Waals surface area contributed by atoms with Crippen LogP contribution in [-0.4, -0.2) is 38.7 Å². The van der Waals surface area contributed by atoms with E-state index in [4.69, 9.17) is 15.2 Å². The van der Waals surface area contributed by atoms with Crippen molar-refractivity contribution < 1.29 is 24.2 Å². The molecule has 0 saturated carbocycles. The number of hydrogen-bond acceptors (Lipinski definition) is 9. The highest BCUT2D eigenvalue weighted by Gasteiger charge is 2.32. The summed E-state index contributed by atoms with van der Waals surface area (Å²) in [6.45, 7) is 0.419. The third-order valence-electron chi connectivity index (χ3n) is 9.34. The van der Waals surface area contributed by atoms with Gasteiger partial charge < -0.3 is 30.9 Å². The number of aliphatic hydroxyl groups is 1. The Morgan fingerprint density at radius 3 is 2.20 bits per heavy atom. The lowest BCUT2D eigenvalue weighted by molar-refractivity contribution is -0.245. The van der Waals surface area contributed by atoms with Crippen LogP contribution in [0.2, 0.25) is 0 Å². The number of para-hydroxylation sites is 2. The van der Waals surface area contributed by atoms with E-state index in [1.54, 1.807) is 42.4 Å². The molecule has 0 unspecified atom stereocenters. The molecule has 1 saturated heterocycles. The number of ether oxygens (including phenoxy) is 2. The second-order valence-corrected chi connectivity index (χ2v) is 14.3. The molecule has 0 aliphatic carbocycles. The normalized spacial score (nSPS) is 16.8. The second kappa shape index (κ2) is 19.8. The average molecular weight is 746 g/mol. The minimum atomic E-state index is -0.571. The summed E-state index contributed by atoms with van der Waals surface area (Å²) in [5.74, 6) is 0.635. The quantitative estimate of drug-likeness (QED) is 0.0320. The highest BCUT2D eigenvalue weighted by atomic mass is 32.2. The Hall–Kier alpha value is -5.07. The number of carbonyl (C=O) groups is 2. The molecule has 1 aromatic heterocycles. The van der Waals surface area contributed by atoms with Crippen LogP contribution in [0.15, 0.2) is 121 Å². The monoisotopic (exact) mass is 745 g/mol. The number of nitrogen functional groups attached to an aromatic ring is 1. The van der Waals surface area contributed by atoms with E-state index in [9.17, 15) is 14.7 Å². The van der Waals surface area contributed by atoms with Crippen molar-refractivity contribution in [2.75, 3.05) is 16.8 Å². The molecular formula is C43H47N5O5S. The third-order valence-corrected chi connectivity index (χ3v) is 10.3. The first-order valence-corrected chi connectivity index (χ1v) is 19.4. The smallest absolute Gasteiger partial charge is 0.224 e. The number of aromatic nitrogens is 2. The summed E-state index contributed by atoms with van der Waals surface area (Å²) in [5, 5.41) is 16.2. The van der Waals surface area contributed by atoms with Crippen molar-refractivity contribution >= 4 is 35.0 Å². The molecule has 5 N–H and O–H groups in total. The van der Waals surface area contributed by atoms with Gasteiger partial charge >= 0.3 is 0 Å². The molecule has 1 aliphatic heterocycles. The van der Waals surface area contributed by atoms with Gasteiger partial charge in [0.25, 0.3) is 0 Å². The number of aliphatic hydroxyl groups excluding tert-OH is 1. The standard InChI is InChI=1S/C43H47N5O5S/c44-37-12-7-8-13-38(37)48-41(51)15-4-2-1-3-14-40(50)47-27-34-10-5-6-11-36(34)31-20-22-33(23-21-31)42-52-35(29-54-43-45-24-9-25-46-43)26-39(53-42)32-18-16-30(28-49)17-19-32/h5-13,16-25,35,39,42,49H,1-4,14-15,26-29,44H2,(H,47,50)(H,48,51)/t35-,39+,42+/m0/s1. The molecule has 0 radical (unpaired) electrons. The Bertz CT molecular complexity index is 1940. The highest BCUT2D eigenvalue weighted by Crippen LogP contribution is 2.40. The summed E-state index contributed by atoms with van der Waals surface area (Å²) in [7, 11) is 0. The number of unbranched alkanes of at least 4 members (excludes halogenated alkanes) is 3. The largest absolute Gasteiger partial charge is 0.397 e. The average Bonchev–Trinajstić information content (AvgIpc) is 3.22. The first-order valence-electron chi connectivity index (χ1n) is 18.4. The molecule has 280 valence electrons. The molecule has 6 rings (SSSR count). The van der Waals surface area contributed by atoms with Crippen LogP contribution in [0.4, 0.5) is 11.4 Å². The van der Waals surface area contributed by atoms with E-state index < -0.39 is 6.29 Å². The molecule has 3 atom stereocenters. The zero-order chi connectivity index (χ0) is 37.5. The number of thioether (sulfide) groups is 1. The first kappa shape index (κ1) is 38.6. The van der Waals surface area contributed by atoms with Crippen molar-refractivity contribution in [1.29, 1.82) is 0 Å². The Labute approximate surface area is 320 Å². The summed E-state index contributed by atoms with van der Waals surface area (Å²) in [6.07, 6.45) is 7.43. The van der Waals surface area contributed by atoms with Gasteiger partial charge in [-0.2, -0.15) is 0 Å². The van der Waals surface area contributed by atoms with Crippen molar-refractivity contribution in [3.63, 3.8) is 0 Å². The van der Waals surface area contributed by atoms with Crippen LogP contribution < -0.4 is 16.4 Å². The molecule has 54 heavy (non-hydrogen) atoms. The molecule has 0 bridgehead atoms. The molecule has 4 aromatic carbocycles. The van der Waals surface area contributed by atoms with E-state index >= 15 is 0 Å². The van der Waals surface area contributed by atoms with E-state index in [0.717, 1.165) is 59.1 Å². The van der Waals surface area contributed by atoms with Crippen LogP contribution >= 0.6 is 11.8 Å². The minimum Gasteiger partial charge on any atom is -0.397 e. The van der Waals surface area contributed by atoms with E-state index in [1.807, 2.05) is 66.7 Å². The number of amides is 2. The maximum Gasteiger partial charge on any atom is 0.224 e. The Kier molecular flexibility index (Phi) is 14.2. The fraction of sp³-hybridized carbons (Fsp3) is 0.302. The summed E-state index contributed by atoms with van der Waals surface area (Å²) in [4.78, 5) is 33.7. The van der Waals surface area contributed by atoms with Gasteiger partial charge in [-0.15, -0.1) is 0 Å². The van der Waals surface area contributed by atoms with E-state index in [2.05, 4.69) is 38.8 Å². The molecule has 2 heterocycles. The molecule has 2 amide bonds. The van der Waals surface area contributed by atoms with Gasteiger partial charge in [-0.25, -0.2) is 9.97 Å². The van der Waals surface area contributed by atoms with Crippen LogP contribution in [0, 0.1) is 0 Å². The van der Waals surface area contributed by atoms with Gasteiger partial charge in [0.05, 0.1) is 30.2 Å². The van der Waals surface area contributed by atoms with Crippen molar-refractivity contribution in [2.45, 2.75) is 81.8 Å². The summed E-state index contributed by atoms with van der Waals surface area (Å²) < 4.78 is 13.1. The van der Waals surface area contributed by atoms with Gasteiger partial charge in [-0.05, 0) is 58.9 Å². The van der Waals surface area contributed by atoms with Gasteiger partial charge in [0.15, 0.2) is 11.4 Å². The minimum absolute atomic E-state index is 0.00726. The van der Waals surface area contributed by atoms with Gasteiger partial charge in [0.2, 0.25) is 11.8 Å². The Morgan fingerprint density at radius 1 is 0.778 bits per heavy atom. The molecule has 0 spiro atoms. The molecule has 1 fully saturated rings. The number of hydrogen-bond donors (Lipinski definition) is 4. The highest BCUT2D eigenvalue weighted by molar-refractivity contribution is 7.99. The van der Waals surface area contributed by atoms with Crippen LogP contribution in [0.5, 0.6) is 0 Å². The lowest BCUT2D eigenvalue weighted by Gasteiger charge is -2.36. The lowest BCUT2D eigenvalue weighted by Crippen LogP contribution is -2.31. The van der Waals surface area contributed by atoms with E-state index in [-0.39, 0.29) is 30.6 Å². The zero-order valence-electron chi connectivity index (χ0n) is 30.2. The number of rotatable bonds is 17. The lowest BCUT2D eigenvalue weighted by atomic mass is 9.97. The summed E-state index contributed by atoms with van der Waals surface area (Å²) >= 11 is 1.56. The number of nitrogens with two attached hydrogens (primary N) is 1. The maximum atomic E-state index is 12.7. The molecule has 1 aliphatic rings. The van der Waals surface area contributed by atoms with Crippen LogP contribution in [0.1, 0.15) is 79.6 Å².